The smallest absolute Gasteiger partial charge is 0.347 e. The number of carboxylic acids is 1. The number of hydrogen-bond acceptors (Lipinski definition) is 4. The van der Waals surface area contributed by atoms with E-state index in [2.05, 4.69) is 4.98 Å². The minimum Gasteiger partial charge on any atom is -0.477 e. The Morgan fingerprint density at radius 1 is 1.43 bits per heavy atom. The Morgan fingerprint density at radius 3 is 2.81 bits per heavy atom. The number of carboxylic acid groups (broad SMARTS) is 1. The SMILES string of the molecule is CCCc1nc(-c2c(F)cccc2SCC)sc1C(=O)O. The molecule has 0 radical (unpaired) electrons. The van der Waals surface area contributed by atoms with Gasteiger partial charge in [0.2, 0.25) is 0 Å². The monoisotopic (exact) mass is 325 g/mol. The summed E-state index contributed by atoms with van der Waals surface area (Å²) in [6.45, 7) is 3.96. The van der Waals surface area contributed by atoms with Crippen LogP contribution in [0.4, 0.5) is 4.39 Å². The van der Waals surface area contributed by atoms with Gasteiger partial charge in [-0.25, -0.2) is 14.2 Å². The van der Waals surface area contributed by atoms with Crippen molar-refractivity contribution in [1.82, 2.24) is 4.98 Å². The van der Waals surface area contributed by atoms with Crippen molar-refractivity contribution in [2.75, 3.05) is 5.75 Å². The first-order valence-corrected chi connectivity index (χ1v) is 8.53. The Morgan fingerprint density at radius 2 is 2.19 bits per heavy atom. The first-order chi connectivity index (χ1) is 10.1. The minimum atomic E-state index is -0.997. The normalized spacial score (nSPS) is 10.8. The lowest BCUT2D eigenvalue weighted by atomic mass is 10.2. The summed E-state index contributed by atoms with van der Waals surface area (Å²) in [4.78, 5) is 16.7. The largest absolute Gasteiger partial charge is 0.477 e. The third-order valence-electron chi connectivity index (χ3n) is 2.87. The lowest BCUT2D eigenvalue weighted by molar-refractivity contribution is 0.0700. The molecule has 0 aliphatic rings. The molecule has 0 amide bonds. The van der Waals surface area contributed by atoms with E-state index < -0.39 is 5.97 Å². The Hall–Kier alpha value is -1.40. The van der Waals surface area contributed by atoms with Crippen LogP contribution in [-0.4, -0.2) is 21.8 Å². The molecule has 1 N–H and O–H groups in total. The van der Waals surface area contributed by atoms with Gasteiger partial charge in [-0.3, -0.25) is 0 Å². The van der Waals surface area contributed by atoms with Crippen molar-refractivity contribution < 1.29 is 14.3 Å². The lowest BCUT2D eigenvalue weighted by Crippen LogP contribution is -1.98. The van der Waals surface area contributed by atoms with Crippen LogP contribution >= 0.6 is 23.1 Å². The van der Waals surface area contributed by atoms with Gasteiger partial charge in [-0.1, -0.05) is 26.3 Å². The summed E-state index contributed by atoms with van der Waals surface area (Å²) in [6, 6.07) is 4.89. The number of aromatic nitrogens is 1. The van der Waals surface area contributed by atoms with Crippen LogP contribution in [0.2, 0.25) is 0 Å². The van der Waals surface area contributed by atoms with Gasteiger partial charge in [-0.2, -0.15) is 0 Å². The van der Waals surface area contributed by atoms with E-state index >= 15 is 0 Å². The van der Waals surface area contributed by atoms with E-state index in [1.165, 1.54) is 17.8 Å². The fraction of sp³-hybridized carbons (Fsp3) is 0.333. The van der Waals surface area contributed by atoms with Crippen LogP contribution < -0.4 is 0 Å². The molecule has 0 aliphatic heterocycles. The van der Waals surface area contributed by atoms with E-state index in [1.54, 1.807) is 6.07 Å². The van der Waals surface area contributed by atoms with Gasteiger partial charge in [0.25, 0.3) is 0 Å². The van der Waals surface area contributed by atoms with E-state index in [1.807, 2.05) is 19.9 Å². The maximum atomic E-state index is 14.2. The molecule has 1 aromatic carbocycles. The first-order valence-electron chi connectivity index (χ1n) is 6.73. The van der Waals surface area contributed by atoms with E-state index in [4.69, 9.17) is 0 Å². The predicted molar refractivity (Wildman–Crippen MR) is 84.9 cm³/mol. The fourth-order valence-electron chi connectivity index (χ4n) is 2.02. The van der Waals surface area contributed by atoms with Crippen molar-refractivity contribution in [3.05, 3.63) is 34.6 Å². The third kappa shape index (κ3) is 3.44. The van der Waals surface area contributed by atoms with Gasteiger partial charge in [0.05, 0.1) is 11.3 Å². The van der Waals surface area contributed by atoms with Gasteiger partial charge in [0.1, 0.15) is 15.7 Å². The summed E-state index contributed by atoms with van der Waals surface area (Å²) < 4.78 is 14.2. The summed E-state index contributed by atoms with van der Waals surface area (Å²) in [6.07, 6.45) is 1.39. The number of aryl methyl sites for hydroxylation is 1. The fourth-order valence-corrected chi connectivity index (χ4v) is 3.92. The quantitative estimate of drug-likeness (QED) is 0.781. The second-order valence-electron chi connectivity index (χ2n) is 4.40. The van der Waals surface area contributed by atoms with Gasteiger partial charge in [0, 0.05) is 4.90 Å². The second-order valence-corrected chi connectivity index (χ2v) is 6.70. The second kappa shape index (κ2) is 7.04. The average Bonchev–Trinajstić information content (AvgIpc) is 2.83. The van der Waals surface area contributed by atoms with Crippen LogP contribution in [0.5, 0.6) is 0 Å². The van der Waals surface area contributed by atoms with Crippen LogP contribution in [0.1, 0.15) is 35.6 Å². The molecule has 0 aliphatic carbocycles. The van der Waals surface area contributed by atoms with Crippen LogP contribution in [0.3, 0.4) is 0 Å². The number of carbonyl (C=O) groups is 1. The first kappa shape index (κ1) is 16.0. The summed E-state index contributed by atoms with van der Waals surface area (Å²) in [7, 11) is 0. The van der Waals surface area contributed by atoms with Gasteiger partial charge in [-0.15, -0.1) is 23.1 Å². The molecular formula is C15H16FNO2S2. The maximum absolute atomic E-state index is 14.2. The highest BCUT2D eigenvalue weighted by Gasteiger charge is 2.21. The highest BCUT2D eigenvalue weighted by Crippen LogP contribution is 2.37. The number of thiazole rings is 1. The van der Waals surface area contributed by atoms with E-state index in [0.717, 1.165) is 28.4 Å². The number of hydrogen-bond donors (Lipinski definition) is 1. The molecule has 2 aromatic rings. The van der Waals surface area contributed by atoms with Gasteiger partial charge >= 0.3 is 5.97 Å². The molecule has 0 atom stereocenters. The van der Waals surface area contributed by atoms with E-state index in [9.17, 15) is 14.3 Å². The molecule has 6 heteroatoms. The van der Waals surface area contributed by atoms with Crippen LogP contribution in [0.25, 0.3) is 10.6 Å². The summed E-state index contributed by atoms with van der Waals surface area (Å²) >= 11 is 2.58. The Kier molecular flexibility index (Phi) is 5.36. The summed E-state index contributed by atoms with van der Waals surface area (Å²) in [5.41, 5.74) is 0.958. The molecule has 1 heterocycles. The Balaban J connectivity index is 2.56. The highest BCUT2D eigenvalue weighted by atomic mass is 32.2. The van der Waals surface area contributed by atoms with Crippen LogP contribution in [0, 0.1) is 5.82 Å². The summed E-state index contributed by atoms with van der Waals surface area (Å²) in [5.74, 6) is -0.541. The van der Waals surface area contributed by atoms with Gasteiger partial charge in [-0.05, 0) is 24.3 Å². The molecular weight excluding hydrogens is 309 g/mol. The molecule has 0 fully saturated rings. The van der Waals surface area contributed by atoms with Crippen molar-refractivity contribution in [2.24, 2.45) is 0 Å². The molecule has 3 nitrogen and oxygen atoms in total. The molecule has 21 heavy (non-hydrogen) atoms. The van der Waals surface area contributed by atoms with Crippen molar-refractivity contribution in [1.29, 1.82) is 0 Å². The number of halogens is 1. The van der Waals surface area contributed by atoms with Gasteiger partial charge in [0.15, 0.2) is 0 Å². The molecule has 112 valence electrons. The number of rotatable bonds is 6. The van der Waals surface area contributed by atoms with E-state index in [0.29, 0.717) is 22.7 Å². The van der Waals surface area contributed by atoms with Crippen LogP contribution in [-0.2, 0) is 6.42 Å². The predicted octanol–water partition coefficient (Wildman–Crippen LogP) is 4.71. The van der Waals surface area contributed by atoms with Crippen molar-refractivity contribution in [2.45, 2.75) is 31.6 Å². The molecule has 0 spiro atoms. The lowest BCUT2D eigenvalue weighted by Gasteiger charge is -2.06. The number of aromatic carboxylic acids is 1. The van der Waals surface area contributed by atoms with Crippen molar-refractivity contribution >= 4 is 29.1 Å². The van der Waals surface area contributed by atoms with Crippen LogP contribution in [0.15, 0.2) is 23.1 Å². The molecule has 1 aromatic heterocycles. The maximum Gasteiger partial charge on any atom is 0.347 e. The average molecular weight is 325 g/mol. The number of thioether (sulfide) groups is 1. The zero-order chi connectivity index (χ0) is 15.4. The number of nitrogens with zero attached hydrogens (tertiary/aromatic N) is 1. The van der Waals surface area contributed by atoms with Gasteiger partial charge < -0.3 is 5.11 Å². The summed E-state index contributed by atoms with van der Waals surface area (Å²) in [5, 5.41) is 9.71. The zero-order valence-electron chi connectivity index (χ0n) is 11.9. The number of benzene rings is 1. The molecule has 0 bridgehead atoms. The Labute approximate surface area is 131 Å². The topological polar surface area (TPSA) is 50.2 Å². The van der Waals surface area contributed by atoms with Crippen molar-refractivity contribution in [3.63, 3.8) is 0 Å². The van der Waals surface area contributed by atoms with Crippen molar-refractivity contribution in [3.8, 4) is 10.6 Å². The highest BCUT2D eigenvalue weighted by molar-refractivity contribution is 7.99. The molecule has 2 rings (SSSR count). The standard InChI is InChI=1S/C15H16FNO2S2/c1-3-6-10-13(15(18)19)21-14(17-10)12-9(16)7-5-8-11(12)20-4-2/h5,7-8H,3-4,6H2,1-2H3,(H,18,19). The third-order valence-corrected chi connectivity index (χ3v) is 4.91. The van der Waals surface area contributed by atoms with E-state index in [-0.39, 0.29) is 10.7 Å². The molecule has 0 saturated carbocycles. The molecule has 0 saturated heterocycles. The Bertz CT molecular complexity index is 655. The molecule has 0 unspecified atom stereocenters. The zero-order valence-corrected chi connectivity index (χ0v) is 13.5. The minimum absolute atomic E-state index is 0.211.